The van der Waals surface area contributed by atoms with Gasteiger partial charge in [-0.2, -0.15) is 0 Å². The third-order valence-corrected chi connectivity index (χ3v) is 6.34. The summed E-state index contributed by atoms with van der Waals surface area (Å²) in [6, 6.07) is 9.77. The van der Waals surface area contributed by atoms with Crippen LogP contribution >= 0.6 is 11.8 Å². The van der Waals surface area contributed by atoms with Gasteiger partial charge in [-0.15, -0.1) is 11.8 Å². The molecule has 7 heteroatoms. The zero-order chi connectivity index (χ0) is 22.4. The molecule has 0 fully saturated rings. The van der Waals surface area contributed by atoms with Gasteiger partial charge in [0.15, 0.2) is 11.5 Å². The number of nitrogens with one attached hydrogen (secondary N) is 1. The topological polar surface area (TPSA) is 66.0 Å². The molecular weight excluding hydrogens is 414 g/mol. The number of ether oxygens (including phenoxy) is 4. The molecule has 0 aliphatic carbocycles. The van der Waals surface area contributed by atoms with Crippen molar-refractivity contribution in [3.63, 3.8) is 0 Å². The summed E-state index contributed by atoms with van der Waals surface area (Å²) in [5.41, 5.74) is 3.19. The minimum absolute atomic E-state index is 0.0104. The number of carbonyl (C=O) groups is 1. The van der Waals surface area contributed by atoms with E-state index in [0.717, 1.165) is 29.0 Å². The van der Waals surface area contributed by atoms with Gasteiger partial charge in [-0.25, -0.2) is 0 Å². The van der Waals surface area contributed by atoms with E-state index in [-0.39, 0.29) is 17.3 Å². The Balaban J connectivity index is 1.57. The lowest BCUT2D eigenvalue weighted by Gasteiger charge is -2.16. The molecule has 168 valence electrons. The highest BCUT2D eigenvalue weighted by Gasteiger charge is 2.23. The molecule has 0 bridgehead atoms. The first-order valence-corrected chi connectivity index (χ1v) is 11.6. The first-order chi connectivity index (χ1) is 14.9. The monoisotopic (exact) mass is 445 g/mol. The number of thioether (sulfide) groups is 1. The molecular formula is C24H31NO5S. The van der Waals surface area contributed by atoms with Gasteiger partial charge in [0.2, 0.25) is 5.91 Å². The van der Waals surface area contributed by atoms with Crippen LogP contribution in [0.5, 0.6) is 23.0 Å². The summed E-state index contributed by atoms with van der Waals surface area (Å²) >= 11 is 1.58. The molecule has 1 amide bonds. The molecule has 0 aromatic heterocycles. The molecule has 2 atom stereocenters. The quantitative estimate of drug-likeness (QED) is 0.586. The van der Waals surface area contributed by atoms with E-state index < -0.39 is 0 Å². The number of fused-ring (bicyclic) bond motifs is 1. The van der Waals surface area contributed by atoms with Gasteiger partial charge in [-0.1, -0.05) is 6.07 Å². The van der Waals surface area contributed by atoms with E-state index in [1.807, 2.05) is 32.0 Å². The van der Waals surface area contributed by atoms with Crippen molar-refractivity contribution < 1.29 is 23.7 Å². The van der Waals surface area contributed by atoms with E-state index in [4.69, 9.17) is 18.9 Å². The zero-order valence-electron chi connectivity index (χ0n) is 18.8. The van der Waals surface area contributed by atoms with Gasteiger partial charge >= 0.3 is 0 Å². The smallest absolute Gasteiger partial charge is 0.233 e. The molecule has 6 nitrogen and oxygen atoms in total. The van der Waals surface area contributed by atoms with Gasteiger partial charge in [-0.3, -0.25) is 4.79 Å². The molecule has 2 aromatic carbocycles. The van der Waals surface area contributed by atoms with Crippen LogP contribution < -0.4 is 24.3 Å². The molecule has 1 heterocycles. The lowest BCUT2D eigenvalue weighted by molar-refractivity contribution is -0.120. The largest absolute Gasteiger partial charge is 0.494 e. The molecule has 0 saturated carbocycles. The van der Waals surface area contributed by atoms with Crippen LogP contribution in [0.25, 0.3) is 0 Å². The minimum Gasteiger partial charge on any atom is -0.494 e. The van der Waals surface area contributed by atoms with E-state index in [1.54, 1.807) is 26.0 Å². The van der Waals surface area contributed by atoms with E-state index in [0.29, 0.717) is 30.4 Å². The van der Waals surface area contributed by atoms with Gasteiger partial charge in [0.05, 0.1) is 26.1 Å². The van der Waals surface area contributed by atoms with Crippen molar-refractivity contribution >= 4 is 17.7 Å². The van der Waals surface area contributed by atoms with Crippen molar-refractivity contribution in [2.45, 2.75) is 50.8 Å². The molecule has 0 saturated heterocycles. The number of amides is 1. The summed E-state index contributed by atoms with van der Waals surface area (Å²) in [5, 5.41) is 2.79. The fourth-order valence-corrected chi connectivity index (χ4v) is 4.39. The van der Waals surface area contributed by atoms with Crippen molar-refractivity contribution in [3.8, 4) is 23.0 Å². The standard InChI is InChI=1S/C24H31NO5S/c1-6-29-21-11-18-9-15(2)30-22(18)12-19(21)14-31-16(3)24(26)25-13-17-7-8-20(27-4)23(10-17)28-5/h7-8,10-12,15-16H,6,9,13-14H2,1-5H3,(H,25,26)/t15-,16+/m1/s1. The highest BCUT2D eigenvalue weighted by molar-refractivity contribution is 7.99. The second kappa shape index (κ2) is 10.7. The van der Waals surface area contributed by atoms with Crippen LogP contribution in [0.3, 0.4) is 0 Å². The Morgan fingerprint density at radius 3 is 2.68 bits per heavy atom. The van der Waals surface area contributed by atoms with Crippen molar-refractivity contribution in [1.82, 2.24) is 5.32 Å². The lowest BCUT2D eigenvalue weighted by Crippen LogP contribution is -2.30. The molecule has 2 aromatic rings. The normalized spacial score (nSPS) is 15.6. The number of methoxy groups -OCH3 is 2. The van der Waals surface area contributed by atoms with E-state index in [9.17, 15) is 4.79 Å². The highest BCUT2D eigenvalue weighted by Crippen LogP contribution is 2.37. The van der Waals surface area contributed by atoms with Crippen LogP contribution in [0, 0.1) is 0 Å². The average molecular weight is 446 g/mol. The average Bonchev–Trinajstić information content (AvgIpc) is 3.14. The molecule has 3 rings (SSSR count). The SMILES string of the molecule is CCOc1cc2c(cc1CS[C@@H](C)C(=O)NCc1ccc(OC)c(OC)c1)O[C@H](C)C2. The summed E-state index contributed by atoms with van der Waals surface area (Å²) in [6.45, 7) is 7.00. The maximum atomic E-state index is 12.6. The predicted molar refractivity (Wildman–Crippen MR) is 124 cm³/mol. The summed E-state index contributed by atoms with van der Waals surface area (Å²) in [4.78, 5) is 12.6. The van der Waals surface area contributed by atoms with Gasteiger partial charge in [0.1, 0.15) is 17.6 Å². The van der Waals surface area contributed by atoms with Crippen molar-refractivity contribution in [2.24, 2.45) is 0 Å². The maximum Gasteiger partial charge on any atom is 0.233 e. The molecule has 0 unspecified atom stereocenters. The van der Waals surface area contributed by atoms with Gasteiger partial charge in [-0.05, 0) is 50.6 Å². The minimum atomic E-state index is -0.206. The first kappa shape index (κ1) is 23.1. The van der Waals surface area contributed by atoms with Gasteiger partial charge in [0.25, 0.3) is 0 Å². The van der Waals surface area contributed by atoms with Crippen molar-refractivity contribution in [1.29, 1.82) is 0 Å². The molecule has 0 radical (unpaired) electrons. The number of rotatable bonds is 10. The Bertz CT molecular complexity index is 917. The third-order valence-electron chi connectivity index (χ3n) is 5.15. The Hall–Kier alpha value is -2.54. The number of benzene rings is 2. The number of hydrogen-bond donors (Lipinski definition) is 1. The summed E-state index contributed by atoms with van der Waals surface area (Å²) in [6.07, 6.45) is 1.09. The Kier molecular flexibility index (Phi) is 7.96. The van der Waals surface area contributed by atoms with E-state index in [2.05, 4.69) is 24.4 Å². The Morgan fingerprint density at radius 2 is 1.97 bits per heavy atom. The summed E-state index contributed by atoms with van der Waals surface area (Å²) in [5.74, 6) is 3.78. The second-order valence-corrected chi connectivity index (χ2v) is 8.82. The van der Waals surface area contributed by atoms with Gasteiger partial charge in [0, 0.05) is 29.8 Å². The predicted octanol–water partition coefficient (Wildman–Crippen LogP) is 4.36. The molecule has 0 spiro atoms. The van der Waals surface area contributed by atoms with Crippen LogP contribution in [0.1, 0.15) is 37.5 Å². The zero-order valence-corrected chi connectivity index (χ0v) is 19.6. The van der Waals surface area contributed by atoms with E-state index >= 15 is 0 Å². The molecule has 31 heavy (non-hydrogen) atoms. The number of carbonyl (C=O) groups excluding carboxylic acids is 1. The van der Waals surface area contributed by atoms with Gasteiger partial charge < -0.3 is 24.3 Å². The third kappa shape index (κ3) is 5.79. The van der Waals surface area contributed by atoms with Crippen LogP contribution in [-0.4, -0.2) is 38.1 Å². The second-order valence-electron chi connectivity index (χ2n) is 7.49. The number of hydrogen-bond acceptors (Lipinski definition) is 6. The summed E-state index contributed by atoms with van der Waals surface area (Å²) in [7, 11) is 3.20. The Labute approximate surface area is 188 Å². The molecule has 1 aliphatic rings. The molecule has 1 aliphatic heterocycles. The highest BCUT2D eigenvalue weighted by atomic mass is 32.2. The van der Waals surface area contributed by atoms with Crippen molar-refractivity contribution in [3.05, 3.63) is 47.0 Å². The van der Waals surface area contributed by atoms with Crippen LogP contribution in [0.4, 0.5) is 0 Å². The first-order valence-electron chi connectivity index (χ1n) is 10.5. The molecule has 1 N–H and O–H groups in total. The fourth-order valence-electron chi connectivity index (χ4n) is 3.50. The van der Waals surface area contributed by atoms with Crippen LogP contribution in [0.2, 0.25) is 0 Å². The summed E-state index contributed by atoms with van der Waals surface area (Å²) < 4.78 is 22.3. The Morgan fingerprint density at radius 1 is 1.19 bits per heavy atom. The maximum absolute atomic E-state index is 12.6. The lowest BCUT2D eigenvalue weighted by atomic mass is 10.1. The van der Waals surface area contributed by atoms with Crippen LogP contribution in [0.15, 0.2) is 30.3 Å². The van der Waals surface area contributed by atoms with Crippen molar-refractivity contribution in [2.75, 3.05) is 20.8 Å². The fraction of sp³-hybridized carbons (Fsp3) is 0.458. The van der Waals surface area contributed by atoms with E-state index in [1.165, 1.54) is 5.56 Å². The van der Waals surface area contributed by atoms with Crippen LogP contribution in [-0.2, 0) is 23.5 Å².